The SMILES string of the molecule is O=c1nc2c(I)cccc2c(C(F)(F)F)[nH]1. The number of H-pyrrole nitrogens is 1. The number of alkyl halides is 3. The molecule has 0 unspecified atom stereocenters. The van der Waals surface area contributed by atoms with Crippen molar-refractivity contribution in [1.82, 2.24) is 9.97 Å². The third-order valence-electron chi connectivity index (χ3n) is 1.98. The minimum atomic E-state index is -4.59. The van der Waals surface area contributed by atoms with Gasteiger partial charge in [0.15, 0.2) is 0 Å². The Morgan fingerprint density at radius 1 is 1.31 bits per heavy atom. The summed E-state index contributed by atoms with van der Waals surface area (Å²) in [6.45, 7) is 0. The van der Waals surface area contributed by atoms with Gasteiger partial charge in [0.05, 0.1) is 5.52 Å². The summed E-state index contributed by atoms with van der Waals surface area (Å²) >= 11 is 1.84. The van der Waals surface area contributed by atoms with Gasteiger partial charge in [-0.1, -0.05) is 12.1 Å². The Bertz CT molecular complexity index is 606. The molecule has 7 heteroatoms. The number of nitrogens with one attached hydrogen (secondary N) is 1. The van der Waals surface area contributed by atoms with Gasteiger partial charge >= 0.3 is 11.9 Å². The Morgan fingerprint density at radius 3 is 2.62 bits per heavy atom. The molecule has 0 aliphatic carbocycles. The van der Waals surface area contributed by atoms with Crippen molar-refractivity contribution in [2.24, 2.45) is 0 Å². The molecule has 0 amide bonds. The molecule has 1 aromatic carbocycles. The van der Waals surface area contributed by atoms with Gasteiger partial charge < -0.3 is 4.98 Å². The van der Waals surface area contributed by atoms with E-state index < -0.39 is 17.6 Å². The number of aromatic nitrogens is 2. The number of fused-ring (bicyclic) bond motifs is 1. The van der Waals surface area contributed by atoms with E-state index in [9.17, 15) is 18.0 Å². The fourth-order valence-electron chi connectivity index (χ4n) is 1.36. The summed E-state index contributed by atoms with van der Waals surface area (Å²) in [5, 5.41) is -0.0981. The average Bonchev–Trinajstić information content (AvgIpc) is 2.17. The van der Waals surface area contributed by atoms with E-state index in [1.165, 1.54) is 12.1 Å². The Balaban J connectivity index is 2.95. The van der Waals surface area contributed by atoms with Crippen LogP contribution in [-0.4, -0.2) is 9.97 Å². The minimum Gasteiger partial charge on any atom is -0.301 e. The van der Waals surface area contributed by atoms with Crippen molar-refractivity contribution in [3.8, 4) is 0 Å². The van der Waals surface area contributed by atoms with Crippen molar-refractivity contribution in [1.29, 1.82) is 0 Å². The minimum absolute atomic E-state index is 0.0687. The monoisotopic (exact) mass is 340 g/mol. The molecule has 0 spiro atoms. The van der Waals surface area contributed by atoms with E-state index in [0.29, 0.717) is 3.57 Å². The first-order chi connectivity index (χ1) is 7.39. The fraction of sp³-hybridized carbons (Fsp3) is 0.111. The second-order valence-corrected chi connectivity index (χ2v) is 4.21. The van der Waals surface area contributed by atoms with Gasteiger partial charge in [0.25, 0.3) is 0 Å². The van der Waals surface area contributed by atoms with Crippen LogP contribution in [0.4, 0.5) is 13.2 Å². The molecule has 0 bridgehead atoms. The van der Waals surface area contributed by atoms with E-state index in [1.54, 1.807) is 11.1 Å². The number of nitrogens with zero attached hydrogens (tertiary/aromatic N) is 1. The van der Waals surface area contributed by atoms with Crippen molar-refractivity contribution in [3.05, 3.63) is 37.9 Å². The maximum Gasteiger partial charge on any atom is 0.432 e. The molecule has 16 heavy (non-hydrogen) atoms. The van der Waals surface area contributed by atoms with E-state index in [0.717, 1.165) is 0 Å². The molecule has 0 radical (unpaired) electrons. The van der Waals surface area contributed by atoms with Gasteiger partial charge in [-0.3, -0.25) is 0 Å². The molecule has 0 saturated carbocycles. The number of aromatic amines is 1. The van der Waals surface area contributed by atoms with Crippen LogP contribution in [0.2, 0.25) is 0 Å². The highest BCUT2D eigenvalue weighted by molar-refractivity contribution is 14.1. The van der Waals surface area contributed by atoms with Crippen molar-refractivity contribution < 1.29 is 13.2 Å². The normalized spacial score (nSPS) is 12.0. The predicted molar refractivity (Wildman–Crippen MR) is 60.1 cm³/mol. The number of halogens is 4. The van der Waals surface area contributed by atoms with Crippen LogP contribution in [0.25, 0.3) is 10.9 Å². The summed E-state index contributed by atoms with van der Waals surface area (Å²) in [6, 6.07) is 4.36. The van der Waals surface area contributed by atoms with Gasteiger partial charge in [-0.15, -0.1) is 0 Å². The first-order valence-corrected chi connectivity index (χ1v) is 5.23. The van der Waals surface area contributed by atoms with Crippen LogP contribution in [0, 0.1) is 3.57 Å². The second kappa shape index (κ2) is 3.72. The molecule has 0 aliphatic rings. The number of benzene rings is 1. The van der Waals surface area contributed by atoms with Crippen LogP contribution in [0.1, 0.15) is 5.69 Å². The summed E-state index contributed by atoms with van der Waals surface area (Å²) in [5.41, 5.74) is -1.98. The quantitative estimate of drug-likeness (QED) is 0.750. The van der Waals surface area contributed by atoms with E-state index in [1.807, 2.05) is 22.6 Å². The Kier molecular flexibility index (Phi) is 2.64. The largest absolute Gasteiger partial charge is 0.432 e. The highest BCUT2D eigenvalue weighted by Crippen LogP contribution is 2.32. The van der Waals surface area contributed by atoms with Crippen LogP contribution in [0.3, 0.4) is 0 Å². The lowest BCUT2D eigenvalue weighted by atomic mass is 10.2. The van der Waals surface area contributed by atoms with E-state index in [2.05, 4.69) is 4.98 Å². The highest BCUT2D eigenvalue weighted by Gasteiger charge is 2.34. The molecule has 2 aromatic rings. The summed E-state index contributed by atoms with van der Waals surface area (Å²) in [4.78, 5) is 16.3. The molecule has 84 valence electrons. The van der Waals surface area contributed by atoms with Gasteiger partial charge in [-0.25, -0.2) is 4.79 Å². The number of hydrogen-bond donors (Lipinski definition) is 1. The molecule has 3 nitrogen and oxygen atoms in total. The van der Waals surface area contributed by atoms with Gasteiger partial charge in [-0.2, -0.15) is 18.2 Å². The van der Waals surface area contributed by atoms with Crippen LogP contribution < -0.4 is 5.69 Å². The summed E-state index contributed by atoms with van der Waals surface area (Å²) in [6.07, 6.45) is -4.59. The molecule has 0 fully saturated rings. The predicted octanol–water partition coefficient (Wildman–Crippen LogP) is 2.55. The van der Waals surface area contributed by atoms with E-state index >= 15 is 0 Å². The lowest BCUT2D eigenvalue weighted by Crippen LogP contribution is -2.19. The second-order valence-electron chi connectivity index (χ2n) is 3.05. The molecule has 0 aliphatic heterocycles. The van der Waals surface area contributed by atoms with Crippen LogP contribution in [-0.2, 0) is 6.18 Å². The van der Waals surface area contributed by atoms with Crippen molar-refractivity contribution in [3.63, 3.8) is 0 Å². The molecule has 1 N–H and O–H groups in total. The van der Waals surface area contributed by atoms with Gasteiger partial charge in [0, 0.05) is 8.96 Å². The van der Waals surface area contributed by atoms with Gasteiger partial charge in [0.2, 0.25) is 0 Å². The lowest BCUT2D eigenvalue weighted by molar-refractivity contribution is -0.140. The summed E-state index contributed by atoms with van der Waals surface area (Å²) < 4.78 is 38.4. The first kappa shape index (κ1) is 11.4. The van der Waals surface area contributed by atoms with Crippen LogP contribution >= 0.6 is 22.6 Å². The Hall–Kier alpha value is -1.12. The third-order valence-corrected chi connectivity index (χ3v) is 2.86. The Labute approximate surface area is 101 Å². The first-order valence-electron chi connectivity index (χ1n) is 4.15. The van der Waals surface area contributed by atoms with Crippen molar-refractivity contribution in [2.75, 3.05) is 0 Å². The zero-order valence-electron chi connectivity index (χ0n) is 7.60. The molecular formula is C9H4F3IN2O. The van der Waals surface area contributed by atoms with Gasteiger partial charge in [-0.05, 0) is 28.7 Å². The molecule has 1 aromatic heterocycles. The molecule has 0 saturated heterocycles. The maximum absolute atomic E-state index is 12.6. The Morgan fingerprint density at radius 2 is 2.00 bits per heavy atom. The average molecular weight is 340 g/mol. The third kappa shape index (κ3) is 1.91. The molecule has 1 heterocycles. The van der Waals surface area contributed by atoms with Crippen molar-refractivity contribution >= 4 is 33.5 Å². The zero-order valence-corrected chi connectivity index (χ0v) is 9.76. The maximum atomic E-state index is 12.6. The fourth-order valence-corrected chi connectivity index (χ4v) is 1.98. The number of para-hydroxylation sites is 1. The van der Waals surface area contributed by atoms with E-state index in [-0.39, 0.29) is 10.9 Å². The summed E-state index contributed by atoms with van der Waals surface area (Å²) in [7, 11) is 0. The van der Waals surface area contributed by atoms with Crippen LogP contribution in [0.5, 0.6) is 0 Å². The smallest absolute Gasteiger partial charge is 0.301 e. The topological polar surface area (TPSA) is 45.8 Å². The highest BCUT2D eigenvalue weighted by atomic mass is 127. The zero-order chi connectivity index (χ0) is 11.9. The molecule has 2 rings (SSSR count). The van der Waals surface area contributed by atoms with Crippen LogP contribution in [0.15, 0.2) is 23.0 Å². The molecule has 0 atom stereocenters. The molecular weight excluding hydrogens is 336 g/mol. The summed E-state index contributed by atoms with van der Waals surface area (Å²) in [5.74, 6) is 0. The lowest BCUT2D eigenvalue weighted by Gasteiger charge is -2.09. The van der Waals surface area contributed by atoms with Gasteiger partial charge in [0.1, 0.15) is 5.69 Å². The number of hydrogen-bond acceptors (Lipinski definition) is 2. The van der Waals surface area contributed by atoms with Crippen molar-refractivity contribution in [2.45, 2.75) is 6.18 Å². The van der Waals surface area contributed by atoms with E-state index in [4.69, 9.17) is 0 Å². The standard InChI is InChI=1S/C9H4F3IN2O/c10-9(11,12)7-4-2-1-3-5(13)6(4)14-8(16)15-7/h1-3H,(H,14,15,16). The number of rotatable bonds is 0.